The molecule has 1 aliphatic heterocycles. The predicted octanol–water partition coefficient (Wildman–Crippen LogP) is 7.17. The Morgan fingerprint density at radius 1 is 0.980 bits per heavy atom. The molecule has 1 fully saturated rings. The number of nitrogens with one attached hydrogen (secondary N) is 3. The molecule has 49 heavy (non-hydrogen) atoms. The van der Waals surface area contributed by atoms with Crippen LogP contribution in [0.25, 0.3) is 32.9 Å². The monoisotopic (exact) mass is 670 g/mol. The van der Waals surface area contributed by atoms with Crippen molar-refractivity contribution in [2.75, 3.05) is 18.4 Å². The second kappa shape index (κ2) is 14.7. The van der Waals surface area contributed by atoms with Crippen LogP contribution in [0.4, 0.5) is 18.9 Å². The maximum absolute atomic E-state index is 13.5. The molecule has 3 aromatic heterocycles. The summed E-state index contributed by atoms with van der Waals surface area (Å²) in [5.74, 6) is -3.01. The standard InChI is InChI=1S/C34H32N6O2.C2HF3O2/c41-34(38-32-17-24(18-33-29(32)19-36-39-33)27-11-5-12-30-28(27)14-15-35-30)31-13-4-9-25(37-31)20-40-16-6-10-26(21-40)42-22-23-7-2-1-3-8-23;3-2(4,5)1(6)7/h1-5,7-9,11-15,17-19,26,35H,6,10,16,20-22H2,(H,36,39)(H,38,41);(H,6,7). The molecule has 0 saturated carbocycles. The first-order valence-electron chi connectivity index (χ1n) is 15.6. The normalized spacial score (nSPS) is 15.1. The van der Waals surface area contributed by atoms with E-state index in [2.05, 4.69) is 61.8 Å². The highest BCUT2D eigenvalue weighted by atomic mass is 19.4. The Bertz CT molecular complexity index is 2060. The number of halogens is 3. The minimum atomic E-state index is -5.08. The van der Waals surface area contributed by atoms with Gasteiger partial charge < -0.3 is 20.1 Å². The molecule has 13 heteroatoms. The fourth-order valence-electron chi connectivity index (χ4n) is 5.84. The summed E-state index contributed by atoms with van der Waals surface area (Å²) in [6.45, 7) is 3.14. The molecular weight excluding hydrogens is 637 g/mol. The van der Waals surface area contributed by atoms with Crippen molar-refractivity contribution in [1.82, 2.24) is 25.1 Å². The van der Waals surface area contributed by atoms with Crippen LogP contribution < -0.4 is 5.32 Å². The molecule has 1 unspecified atom stereocenters. The maximum Gasteiger partial charge on any atom is 0.490 e. The summed E-state index contributed by atoms with van der Waals surface area (Å²) in [6.07, 6.45) is 0.910. The molecule has 252 valence electrons. The van der Waals surface area contributed by atoms with Gasteiger partial charge in [0.2, 0.25) is 0 Å². The molecule has 0 bridgehead atoms. The highest BCUT2D eigenvalue weighted by Gasteiger charge is 2.38. The zero-order valence-electron chi connectivity index (χ0n) is 26.2. The summed E-state index contributed by atoms with van der Waals surface area (Å²) in [5.41, 5.74) is 7.11. The quantitative estimate of drug-likeness (QED) is 0.135. The van der Waals surface area contributed by atoms with Crippen molar-refractivity contribution in [3.8, 4) is 11.1 Å². The fraction of sp³-hybridized carbons (Fsp3) is 0.222. The van der Waals surface area contributed by atoms with E-state index < -0.39 is 12.1 Å². The van der Waals surface area contributed by atoms with Crippen LogP contribution in [0.2, 0.25) is 0 Å². The number of ether oxygens (including phenoxy) is 1. The highest BCUT2D eigenvalue weighted by molar-refractivity contribution is 6.09. The molecule has 6 aromatic rings. The van der Waals surface area contributed by atoms with Crippen LogP contribution in [0.1, 0.15) is 34.6 Å². The number of alkyl halides is 3. The minimum absolute atomic E-state index is 0.187. The summed E-state index contributed by atoms with van der Waals surface area (Å²) in [6, 6.07) is 28.2. The Labute approximate surface area is 278 Å². The largest absolute Gasteiger partial charge is 0.490 e. The summed E-state index contributed by atoms with van der Waals surface area (Å²) in [4.78, 5) is 32.7. The number of carboxylic acid groups (broad SMARTS) is 1. The van der Waals surface area contributed by atoms with Gasteiger partial charge >= 0.3 is 12.1 Å². The number of carbonyl (C=O) groups excluding carboxylic acids is 1. The number of benzene rings is 3. The first-order chi connectivity index (χ1) is 23.6. The van der Waals surface area contributed by atoms with Crippen molar-refractivity contribution >= 4 is 39.4 Å². The average Bonchev–Trinajstić information content (AvgIpc) is 3.78. The number of likely N-dealkylation sites (tertiary alicyclic amines) is 1. The molecular formula is C36H33F3N6O4. The van der Waals surface area contributed by atoms with E-state index in [0.29, 0.717) is 24.5 Å². The van der Waals surface area contributed by atoms with E-state index in [1.807, 2.05) is 48.7 Å². The number of H-pyrrole nitrogens is 2. The van der Waals surface area contributed by atoms with Gasteiger partial charge in [0.25, 0.3) is 5.91 Å². The zero-order valence-corrected chi connectivity index (χ0v) is 26.2. The van der Waals surface area contributed by atoms with Crippen LogP contribution in [0, 0.1) is 0 Å². The number of rotatable bonds is 8. The molecule has 10 nitrogen and oxygen atoms in total. The lowest BCUT2D eigenvalue weighted by Crippen LogP contribution is -2.39. The second-order valence-corrected chi connectivity index (χ2v) is 11.7. The summed E-state index contributed by atoms with van der Waals surface area (Å²) in [7, 11) is 0. The van der Waals surface area contributed by atoms with Gasteiger partial charge in [0, 0.05) is 35.6 Å². The van der Waals surface area contributed by atoms with Crippen LogP contribution in [0.15, 0.2) is 97.3 Å². The van der Waals surface area contributed by atoms with Gasteiger partial charge in [-0.25, -0.2) is 9.78 Å². The molecule has 4 N–H and O–H groups in total. The summed E-state index contributed by atoms with van der Waals surface area (Å²) in [5, 5.41) is 19.5. The van der Waals surface area contributed by atoms with Crippen molar-refractivity contribution in [2.45, 2.75) is 38.3 Å². The number of hydrogen-bond donors (Lipinski definition) is 4. The molecule has 1 amide bonds. The second-order valence-electron chi connectivity index (χ2n) is 11.7. The molecule has 7 rings (SSSR count). The van der Waals surface area contributed by atoms with Crippen molar-refractivity contribution in [3.05, 3.63) is 114 Å². The molecule has 3 aromatic carbocycles. The lowest BCUT2D eigenvalue weighted by molar-refractivity contribution is -0.192. The van der Waals surface area contributed by atoms with Gasteiger partial charge in [-0.1, -0.05) is 48.5 Å². The van der Waals surface area contributed by atoms with Crippen molar-refractivity contribution in [1.29, 1.82) is 0 Å². The zero-order chi connectivity index (χ0) is 34.4. The summed E-state index contributed by atoms with van der Waals surface area (Å²) >= 11 is 0. The van der Waals surface area contributed by atoms with E-state index in [4.69, 9.17) is 19.6 Å². The van der Waals surface area contributed by atoms with Gasteiger partial charge in [-0.15, -0.1) is 0 Å². The van der Waals surface area contributed by atoms with Crippen molar-refractivity contribution < 1.29 is 32.6 Å². The molecule has 0 aliphatic carbocycles. The average molecular weight is 671 g/mol. The lowest BCUT2D eigenvalue weighted by atomic mass is 9.99. The van der Waals surface area contributed by atoms with E-state index >= 15 is 0 Å². The van der Waals surface area contributed by atoms with E-state index in [1.165, 1.54) is 5.56 Å². The number of carboxylic acids is 1. The van der Waals surface area contributed by atoms with Crippen molar-refractivity contribution in [2.24, 2.45) is 0 Å². The SMILES string of the molecule is O=C(Nc1cc(-c2cccc3[nH]ccc23)cc2[nH]ncc12)c1cccc(CN2CCCC(OCc3ccccc3)C2)n1.O=C(O)C(F)(F)F. The van der Waals surface area contributed by atoms with Crippen LogP contribution in [-0.4, -0.2) is 67.4 Å². The predicted molar refractivity (Wildman–Crippen MR) is 179 cm³/mol. The third-order valence-corrected chi connectivity index (χ3v) is 8.17. The number of hydrogen-bond acceptors (Lipinski definition) is 6. The smallest absolute Gasteiger partial charge is 0.475 e. The van der Waals surface area contributed by atoms with Crippen molar-refractivity contribution in [3.63, 3.8) is 0 Å². The maximum atomic E-state index is 13.5. The third-order valence-electron chi connectivity index (χ3n) is 8.17. The molecule has 1 atom stereocenters. The number of nitrogens with zero attached hydrogens (tertiary/aromatic N) is 3. The van der Waals surface area contributed by atoms with E-state index in [-0.39, 0.29) is 12.0 Å². The van der Waals surface area contributed by atoms with E-state index in [1.54, 1.807) is 12.3 Å². The highest BCUT2D eigenvalue weighted by Crippen LogP contribution is 2.34. The number of piperidine rings is 1. The molecule has 0 radical (unpaired) electrons. The number of amides is 1. The van der Waals surface area contributed by atoms with Gasteiger partial charge in [-0.05, 0) is 72.5 Å². The number of anilines is 1. The van der Waals surface area contributed by atoms with Crippen LogP contribution in [0.3, 0.4) is 0 Å². The molecule has 0 spiro atoms. The first kappa shape index (κ1) is 33.4. The minimum Gasteiger partial charge on any atom is -0.475 e. The van der Waals surface area contributed by atoms with E-state index in [9.17, 15) is 18.0 Å². The van der Waals surface area contributed by atoms with Gasteiger partial charge in [-0.3, -0.25) is 14.8 Å². The molecule has 1 saturated heterocycles. The number of aromatic nitrogens is 4. The number of pyridine rings is 1. The number of aromatic amines is 2. The van der Waals surface area contributed by atoms with Gasteiger partial charge in [-0.2, -0.15) is 18.3 Å². The number of carbonyl (C=O) groups is 2. The summed E-state index contributed by atoms with van der Waals surface area (Å²) < 4.78 is 38.0. The Balaban J connectivity index is 0.000000540. The van der Waals surface area contributed by atoms with Gasteiger partial charge in [0.1, 0.15) is 5.69 Å². The van der Waals surface area contributed by atoms with Gasteiger partial charge in [0.15, 0.2) is 0 Å². The van der Waals surface area contributed by atoms with Gasteiger partial charge in [0.05, 0.1) is 35.8 Å². The Morgan fingerprint density at radius 3 is 2.57 bits per heavy atom. The van der Waals surface area contributed by atoms with Crippen LogP contribution in [-0.2, 0) is 22.7 Å². The Morgan fingerprint density at radius 2 is 1.78 bits per heavy atom. The number of aliphatic carboxylic acids is 1. The first-order valence-corrected chi connectivity index (χ1v) is 15.6. The van der Waals surface area contributed by atoms with E-state index in [0.717, 1.165) is 64.6 Å². The van der Waals surface area contributed by atoms with Crippen LogP contribution in [0.5, 0.6) is 0 Å². The lowest BCUT2D eigenvalue weighted by Gasteiger charge is -2.32. The Kier molecular flexibility index (Phi) is 10.0. The number of fused-ring (bicyclic) bond motifs is 2. The fourth-order valence-corrected chi connectivity index (χ4v) is 5.84. The molecule has 1 aliphatic rings. The Hall–Kier alpha value is -5.53. The topological polar surface area (TPSA) is 136 Å². The third kappa shape index (κ3) is 8.31. The van der Waals surface area contributed by atoms with Crippen LogP contribution >= 0.6 is 0 Å². The molecule has 4 heterocycles.